The lowest BCUT2D eigenvalue weighted by Gasteiger charge is -2.44. The molecule has 3 nitrogen and oxygen atoms in total. The third-order valence-electron chi connectivity index (χ3n) is 2.97. The molecule has 1 fully saturated rings. The number of likely N-dealkylation sites (tertiary alicyclic amines) is 1. The van der Waals surface area contributed by atoms with Crippen LogP contribution in [-0.4, -0.2) is 41.3 Å². The molecule has 0 aliphatic carbocycles. The number of rotatable bonds is 1. The number of hydrogen-bond donors (Lipinski definition) is 1. The van der Waals surface area contributed by atoms with Crippen LogP contribution in [0.1, 0.15) is 13.3 Å². The second-order valence-electron chi connectivity index (χ2n) is 4.06. The van der Waals surface area contributed by atoms with Crippen molar-refractivity contribution in [2.45, 2.75) is 32.0 Å². The van der Waals surface area contributed by atoms with E-state index in [0.29, 0.717) is 0 Å². The fourth-order valence-electron chi connectivity index (χ4n) is 1.74. The van der Waals surface area contributed by atoms with Crippen molar-refractivity contribution in [3.8, 4) is 12.3 Å². The zero-order valence-corrected chi connectivity index (χ0v) is 8.66. The van der Waals surface area contributed by atoms with Crippen LogP contribution in [0, 0.1) is 17.8 Å². The molecule has 4 unspecified atom stereocenters. The summed E-state index contributed by atoms with van der Waals surface area (Å²) in [5.41, 5.74) is -1.67. The van der Waals surface area contributed by atoms with Gasteiger partial charge in [0.25, 0.3) is 0 Å². The zero-order chi connectivity index (χ0) is 12.5. The van der Waals surface area contributed by atoms with Crippen LogP contribution in [0.2, 0.25) is 0 Å². The van der Waals surface area contributed by atoms with Crippen LogP contribution in [0.4, 0.5) is 18.0 Å². The molecule has 0 spiro atoms. The average molecular weight is 235 g/mol. The Balaban J connectivity index is 2.97. The lowest BCUT2D eigenvalue weighted by molar-refractivity contribution is -0.115. The molecule has 1 aliphatic rings. The van der Waals surface area contributed by atoms with E-state index in [1.54, 1.807) is 0 Å². The third-order valence-corrected chi connectivity index (χ3v) is 2.97. The molecule has 1 heterocycles. The maximum atomic E-state index is 13.7. The van der Waals surface area contributed by atoms with E-state index in [0.717, 1.165) is 0 Å². The molecule has 0 radical (unpaired) electrons. The molecule has 1 amide bonds. The predicted octanol–water partition coefficient (Wildman–Crippen LogP) is 1.98. The van der Waals surface area contributed by atoms with Crippen LogP contribution in [-0.2, 0) is 0 Å². The summed E-state index contributed by atoms with van der Waals surface area (Å²) in [6, 6.07) is 0. The summed E-state index contributed by atoms with van der Waals surface area (Å²) in [6.45, 7) is 0.489. The standard InChI is InChI=1S/C10H12F3NO2/c1-3-4-10(2)6(11)5-14(9(15)16)8(13)7(10)12/h1,6-8H,4-5H2,2H3,(H,15,16). The van der Waals surface area contributed by atoms with Crippen molar-refractivity contribution in [2.24, 2.45) is 5.41 Å². The fourth-order valence-corrected chi connectivity index (χ4v) is 1.74. The molecule has 1 N–H and O–H groups in total. The smallest absolute Gasteiger partial charge is 0.409 e. The van der Waals surface area contributed by atoms with Crippen LogP contribution in [0.25, 0.3) is 0 Å². The first-order valence-corrected chi connectivity index (χ1v) is 4.70. The second-order valence-corrected chi connectivity index (χ2v) is 4.06. The number of nitrogens with zero attached hydrogens (tertiary/aromatic N) is 1. The summed E-state index contributed by atoms with van der Waals surface area (Å²) in [7, 11) is 0. The number of alkyl halides is 3. The average Bonchev–Trinajstić information content (AvgIpc) is 2.21. The van der Waals surface area contributed by atoms with Gasteiger partial charge in [-0.1, -0.05) is 6.92 Å². The van der Waals surface area contributed by atoms with Crippen molar-refractivity contribution in [1.29, 1.82) is 0 Å². The van der Waals surface area contributed by atoms with Crippen LogP contribution in [0.15, 0.2) is 0 Å². The molecule has 6 heteroatoms. The number of terminal acetylenes is 1. The van der Waals surface area contributed by atoms with Gasteiger partial charge in [-0.3, -0.25) is 4.90 Å². The molecule has 0 aromatic carbocycles. The van der Waals surface area contributed by atoms with E-state index in [9.17, 15) is 18.0 Å². The molecule has 1 rings (SSSR count). The van der Waals surface area contributed by atoms with Gasteiger partial charge in [0, 0.05) is 11.8 Å². The van der Waals surface area contributed by atoms with Gasteiger partial charge in [-0.2, -0.15) is 0 Å². The Morgan fingerprint density at radius 2 is 2.19 bits per heavy atom. The van der Waals surface area contributed by atoms with Crippen LogP contribution < -0.4 is 0 Å². The fraction of sp³-hybridized carbons (Fsp3) is 0.700. The van der Waals surface area contributed by atoms with Gasteiger partial charge in [-0.05, 0) is 0 Å². The molecular weight excluding hydrogens is 223 g/mol. The van der Waals surface area contributed by atoms with Crippen LogP contribution in [0.5, 0.6) is 0 Å². The molecule has 4 atom stereocenters. The molecular formula is C10H12F3NO2. The molecule has 1 saturated heterocycles. The van der Waals surface area contributed by atoms with Crippen molar-refractivity contribution >= 4 is 6.09 Å². The van der Waals surface area contributed by atoms with Crippen molar-refractivity contribution < 1.29 is 23.1 Å². The van der Waals surface area contributed by atoms with E-state index in [-0.39, 0.29) is 11.3 Å². The van der Waals surface area contributed by atoms with Gasteiger partial charge in [-0.25, -0.2) is 18.0 Å². The van der Waals surface area contributed by atoms with Gasteiger partial charge < -0.3 is 5.11 Å². The zero-order valence-electron chi connectivity index (χ0n) is 8.66. The van der Waals surface area contributed by atoms with E-state index >= 15 is 0 Å². The minimum atomic E-state index is -2.37. The highest BCUT2D eigenvalue weighted by Gasteiger charge is 2.54. The van der Waals surface area contributed by atoms with Gasteiger partial charge in [0.1, 0.15) is 6.17 Å². The SMILES string of the molecule is C#CCC1(C)C(F)CN(C(=O)O)C(F)C1F. The summed E-state index contributed by atoms with van der Waals surface area (Å²) < 4.78 is 40.7. The van der Waals surface area contributed by atoms with Crippen molar-refractivity contribution in [3.05, 3.63) is 0 Å². The molecule has 1 aliphatic heterocycles. The lowest BCUT2D eigenvalue weighted by Crippen LogP contribution is -2.60. The number of amides is 1. The Labute approximate surface area is 91.2 Å². The third kappa shape index (κ3) is 1.82. The first kappa shape index (κ1) is 12.7. The van der Waals surface area contributed by atoms with Gasteiger partial charge in [0.15, 0.2) is 6.17 Å². The maximum absolute atomic E-state index is 13.7. The number of piperidine rings is 1. The predicted molar refractivity (Wildman–Crippen MR) is 51.0 cm³/mol. The summed E-state index contributed by atoms with van der Waals surface area (Å²) in [6.07, 6.45) is -3.43. The van der Waals surface area contributed by atoms with Gasteiger partial charge in [-0.15, -0.1) is 12.3 Å². The first-order valence-electron chi connectivity index (χ1n) is 4.70. The Bertz CT molecular complexity index is 331. The molecule has 0 aromatic rings. The van der Waals surface area contributed by atoms with Crippen molar-refractivity contribution in [3.63, 3.8) is 0 Å². The highest BCUT2D eigenvalue weighted by molar-refractivity contribution is 5.65. The Hall–Kier alpha value is -1.38. The quantitative estimate of drug-likeness (QED) is 0.557. The highest BCUT2D eigenvalue weighted by Crippen LogP contribution is 2.42. The number of carbonyl (C=O) groups is 1. The minimum Gasteiger partial charge on any atom is -0.465 e. The summed E-state index contributed by atoms with van der Waals surface area (Å²) >= 11 is 0. The van der Waals surface area contributed by atoms with E-state index in [4.69, 9.17) is 11.5 Å². The molecule has 0 bridgehead atoms. The van der Waals surface area contributed by atoms with E-state index in [2.05, 4.69) is 5.92 Å². The largest absolute Gasteiger partial charge is 0.465 e. The van der Waals surface area contributed by atoms with Gasteiger partial charge >= 0.3 is 6.09 Å². The van der Waals surface area contributed by atoms with E-state index in [1.807, 2.05) is 0 Å². The normalized spacial score (nSPS) is 39.2. The maximum Gasteiger partial charge on any atom is 0.409 e. The van der Waals surface area contributed by atoms with E-state index < -0.39 is 36.7 Å². The van der Waals surface area contributed by atoms with E-state index in [1.165, 1.54) is 6.92 Å². The minimum absolute atomic E-state index is 0.119. The molecule has 90 valence electrons. The first-order chi connectivity index (χ1) is 7.34. The molecule has 0 aromatic heterocycles. The highest BCUT2D eigenvalue weighted by atomic mass is 19.2. The molecule has 16 heavy (non-hydrogen) atoms. The van der Waals surface area contributed by atoms with Crippen molar-refractivity contribution in [1.82, 2.24) is 4.90 Å². The van der Waals surface area contributed by atoms with Gasteiger partial charge in [0.05, 0.1) is 6.54 Å². The Morgan fingerprint density at radius 3 is 2.62 bits per heavy atom. The lowest BCUT2D eigenvalue weighted by atomic mass is 9.74. The summed E-state index contributed by atoms with van der Waals surface area (Å²) in [4.78, 5) is 10.7. The summed E-state index contributed by atoms with van der Waals surface area (Å²) in [5, 5.41) is 8.56. The summed E-state index contributed by atoms with van der Waals surface area (Å²) in [5.74, 6) is 2.09. The Kier molecular flexibility index (Phi) is 3.36. The monoisotopic (exact) mass is 235 g/mol. The number of halogens is 3. The molecule has 0 saturated carbocycles. The Morgan fingerprint density at radius 1 is 1.62 bits per heavy atom. The van der Waals surface area contributed by atoms with Gasteiger partial charge in [0.2, 0.25) is 6.30 Å². The second kappa shape index (κ2) is 4.24. The number of carboxylic acid groups (broad SMARTS) is 1. The van der Waals surface area contributed by atoms with Crippen molar-refractivity contribution in [2.75, 3.05) is 6.54 Å². The van der Waals surface area contributed by atoms with Crippen LogP contribution >= 0.6 is 0 Å². The topological polar surface area (TPSA) is 40.5 Å². The number of hydrogen-bond acceptors (Lipinski definition) is 1. The van der Waals surface area contributed by atoms with Crippen LogP contribution in [0.3, 0.4) is 0 Å².